The Hall–Kier alpha value is -3.67. The van der Waals surface area contributed by atoms with Crippen LogP contribution in [0.25, 0.3) is 0 Å². The molecule has 73 heavy (non-hydrogen) atoms. The third-order valence-electron chi connectivity index (χ3n) is 13.0. The predicted molar refractivity (Wildman–Crippen MR) is 316 cm³/mol. The van der Waals surface area contributed by atoms with Crippen molar-refractivity contribution in [1.29, 1.82) is 0 Å². The Bertz CT molecular complexity index is 1440. The number of hydrogen-bond donors (Lipinski definition) is 0. The number of esters is 3. The predicted octanol–water partition coefficient (Wildman–Crippen LogP) is 20.9. The average molecular weight is 1020 g/mol. The largest absolute Gasteiger partial charge is 0.462 e. The first kappa shape index (κ1) is 69.3. The van der Waals surface area contributed by atoms with E-state index in [1.165, 1.54) is 154 Å². The van der Waals surface area contributed by atoms with Gasteiger partial charge in [-0.3, -0.25) is 14.4 Å². The zero-order chi connectivity index (χ0) is 52.9. The Morgan fingerprint density at radius 3 is 0.890 bits per heavy atom. The molecule has 1 atom stereocenters. The van der Waals surface area contributed by atoms with Crippen molar-refractivity contribution in [3.05, 3.63) is 97.2 Å². The number of hydrogen-bond acceptors (Lipinski definition) is 6. The van der Waals surface area contributed by atoms with Crippen LogP contribution in [-0.2, 0) is 28.6 Å². The smallest absolute Gasteiger partial charge is 0.306 e. The summed E-state index contributed by atoms with van der Waals surface area (Å²) in [5, 5.41) is 0. The second-order valence-corrected chi connectivity index (χ2v) is 20.2. The highest BCUT2D eigenvalue weighted by Gasteiger charge is 2.19. The van der Waals surface area contributed by atoms with Gasteiger partial charge in [0.15, 0.2) is 6.10 Å². The Balaban J connectivity index is 4.48. The van der Waals surface area contributed by atoms with Crippen LogP contribution in [0.3, 0.4) is 0 Å². The number of rotatable bonds is 55. The number of carbonyl (C=O) groups is 3. The molecule has 6 heteroatoms. The summed E-state index contributed by atoms with van der Waals surface area (Å²) in [5.41, 5.74) is 0. The molecule has 0 saturated heterocycles. The lowest BCUT2D eigenvalue weighted by atomic mass is 10.0. The molecule has 0 aliphatic carbocycles. The summed E-state index contributed by atoms with van der Waals surface area (Å²) in [6.07, 6.45) is 81.3. The zero-order valence-corrected chi connectivity index (χ0v) is 47.9. The van der Waals surface area contributed by atoms with Crippen LogP contribution in [-0.4, -0.2) is 37.2 Å². The molecule has 418 valence electrons. The normalized spacial score (nSPS) is 12.8. The quantitative estimate of drug-likeness (QED) is 0.0261. The molecule has 0 radical (unpaired) electrons. The molecule has 0 N–H and O–H groups in total. The summed E-state index contributed by atoms with van der Waals surface area (Å²) in [7, 11) is 0. The van der Waals surface area contributed by atoms with E-state index in [1.54, 1.807) is 0 Å². The van der Waals surface area contributed by atoms with Gasteiger partial charge in [0, 0.05) is 19.3 Å². The van der Waals surface area contributed by atoms with Gasteiger partial charge in [0.1, 0.15) is 13.2 Å². The number of carbonyl (C=O) groups excluding carboxylic acids is 3. The highest BCUT2D eigenvalue weighted by molar-refractivity contribution is 5.71. The van der Waals surface area contributed by atoms with E-state index in [2.05, 4.69) is 112 Å². The van der Waals surface area contributed by atoms with Crippen LogP contribution in [0.1, 0.15) is 290 Å². The molecular formula is C67H114O6. The fourth-order valence-corrected chi connectivity index (χ4v) is 8.39. The maximum Gasteiger partial charge on any atom is 0.306 e. The van der Waals surface area contributed by atoms with Crippen LogP contribution in [0.15, 0.2) is 97.2 Å². The van der Waals surface area contributed by atoms with Gasteiger partial charge in [-0.1, -0.05) is 253 Å². The van der Waals surface area contributed by atoms with E-state index in [1.807, 2.05) is 6.08 Å². The minimum absolute atomic E-state index is 0.108. The summed E-state index contributed by atoms with van der Waals surface area (Å²) in [6.45, 7) is 6.52. The highest BCUT2D eigenvalue weighted by Crippen LogP contribution is 2.15. The summed E-state index contributed by atoms with van der Waals surface area (Å²) in [4.78, 5) is 38.2. The van der Waals surface area contributed by atoms with E-state index in [0.717, 1.165) is 89.9 Å². The fraction of sp³-hybridized carbons (Fsp3) is 0.716. The molecule has 0 saturated carbocycles. The van der Waals surface area contributed by atoms with Gasteiger partial charge in [-0.15, -0.1) is 0 Å². The second kappa shape index (κ2) is 60.9. The van der Waals surface area contributed by atoms with Crippen LogP contribution in [0.4, 0.5) is 0 Å². The Morgan fingerprint density at radius 1 is 0.274 bits per heavy atom. The molecule has 0 aromatic carbocycles. The molecule has 0 heterocycles. The van der Waals surface area contributed by atoms with Crippen LogP contribution >= 0.6 is 0 Å². The molecule has 0 aliphatic rings. The van der Waals surface area contributed by atoms with E-state index in [9.17, 15) is 14.4 Å². The minimum Gasteiger partial charge on any atom is -0.462 e. The molecule has 0 aliphatic heterocycles. The van der Waals surface area contributed by atoms with Gasteiger partial charge in [0.2, 0.25) is 0 Å². The van der Waals surface area contributed by atoms with Crippen LogP contribution in [0.2, 0.25) is 0 Å². The lowest BCUT2D eigenvalue weighted by molar-refractivity contribution is -0.166. The third kappa shape index (κ3) is 59.1. The van der Waals surface area contributed by atoms with E-state index in [4.69, 9.17) is 14.2 Å². The summed E-state index contributed by atoms with van der Waals surface area (Å²) < 4.78 is 16.8. The molecule has 0 bridgehead atoms. The van der Waals surface area contributed by atoms with Crippen LogP contribution < -0.4 is 0 Å². The number of allylic oxidation sites excluding steroid dienone is 16. The summed E-state index contributed by atoms with van der Waals surface area (Å²) in [5.74, 6) is -1.00. The third-order valence-corrected chi connectivity index (χ3v) is 13.0. The first-order valence-electron chi connectivity index (χ1n) is 30.7. The van der Waals surface area contributed by atoms with Crippen LogP contribution in [0, 0.1) is 0 Å². The fourth-order valence-electron chi connectivity index (χ4n) is 8.39. The molecule has 0 spiro atoms. The van der Waals surface area contributed by atoms with Gasteiger partial charge >= 0.3 is 17.9 Å². The van der Waals surface area contributed by atoms with Gasteiger partial charge < -0.3 is 14.2 Å². The molecule has 0 rings (SSSR count). The van der Waals surface area contributed by atoms with Crippen molar-refractivity contribution in [1.82, 2.24) is 0 Å². The van der Waals surface area contributed by atoms with Gasteiger partial charge in [-0.25, -0.2) is 0 Å². The molecule has 0 aromatic heterocycles. The lowest BCUT2D eigenvalue weighted by Crippen LogP contribution is -2.30. The van der Waals surface area contributed by atoms with E-state index in [0.29, 0.717) is 19.3 Å². The minimum atomic E-state index is -0.815. The maximum atomic E-state index is 12.9. The first-order chi connectivity index (χ1) is 36.0. The Kier molecular flexibility index (Phi) is 57.8. The number of ether oxygens (including phenoxy) is 3. The highest BCUT2D eigenvalue weighted by atomic mass is 16.6. The van der Waals surface area contributed by atoms with Crippen molar-refractivity contribution in [2.45, 2.75) is 297 Å². The molecule has 0 fully saturated rings. The average Bonchev–Trinajstić information content (AvgIpc) is 3.39. The van der Waals surface area contributed by atoms with E-state index < -0.39 is 6.10 Å². The second-order valence-electron chi connectivity index (χ2n) is 20.2. The van der Waals surface area contributed by atoms with Gasteiger partial charge in [-0.2, -0.15) is 0 Å². The van der Waals surface area contributed by atoms with Crippen molar-refractivity contribution in [2.75, 3.05) is 13.2 Å². The Labute approximate surface area is 451 Å². The monoisotopic (exact) mass is 1010 g/mol. The van der Waals surface area contributed by atoms with Crippen molar-refractivity contribution in [3.63, 3.8) is 0 Å². The first-order valence-corrected chi connectivity index (χ1v) is 30.7. The Morgan fingerprint density at radius 2 is 0.521 bits per heavy atom. The van der Waals surface area contributed by atoms with Crippen molar-refractivity contribution < 1.29 is 28.6 Å². The van der Waals surface area contributed by atoms with Gasteiger partial charge in [0.25, 0.3) is 0 Å². The molecule has 0 unspecified atom stereocenters. The van der Waals surface area contributed by atoms with Crippen LogP contribution in [0.5, 0.6) is 0 Å². The number of unbranched alkanes of at least 4 members (excludes halogenated alkanes) is 28. The van der Waals surface area contributed by atoms with Gasteiger partial charge in [0.05, 0.1) is 0 Å². The molecule has 0 aromatic rings. The summed E-state index contributed by atoms with van der Waals surface area (Å²) >= 11 is 0. The SMILES string of the molecule is CCCCC/C=C\C/C=C\C/C=C\C/C=C\C/C=C\CCC(=O)OC[C@H](COC(=O)CCCCCCC/C=C\C/C=C\CCCCC)OC(=O)CCCCCCCCCCCCC/C=C\CCCCCCCC. The standard InChI is InChI=1S/C67H114O6/c1-4-7-10-13-16-19-22-25-28-30-32-33-35-37-40-43-46-49-52-55-58-61-67(70)73-64(62-71-65(68)59-56-53-50-47-44-41-38-27-24-21-18-15-12-9-6-3)63-72-66(69)60-57-54-51-48-45-42-39-36-34-31-29-26-23-20-17-14-11-8-5-2/h17-18,20-21,25-29,34,36,38,42,45,51,54,64H,4-16,19,22-24,30-33,35,37,39-41,43-44,46-50,52-53,55-63H2,1-3H3/b20-17-,21-18-,28-25-,29-26-,36-34-,38-27-,45-42-,54-51-/t64-/m0/s1. The lowest BCUT2D eigenvalue weighted by Gasteiger charge is -2.18. The molecule has 0 amide bonds. The van der Waals surface area contributed by atoms with E-state index in [-0.39, 0.29) is 37.5 Å². The van der Waals surface area contributed by atoms with Crippen molar-refractivity contribution in [3.8, 4) is 0 Å². The topological polar surface area (TPSA) is 78.9 Å². The molecular weight excluding hydrogens is 901 g/mol. The van der Waals surface area contributed by atoms with Crippen molar-refractivity contribution >= 4 is 17.9 Å². The maximum absolute atomic E-state index is 12.9. The zero-order valence-electron chi connectivity index (χ0n) is 47.9. The molecule has 6 nitrogen and oxygen atoms in total. The summed E-state index contributed by atoms with van der Waals surface area (Å²) in [6, 6.07) is 0. The van der Waals surface area contributed by atoms with E-state index >= 15 is 0 Å². The van der Waals surface area contributed by atoms with Crippen molar-refractivity contribution in [2.24, 2.45) is 0 Å². The van der Waals surface area contributed by atoms with Gasteiger partial charge in [-0.05, 0) is 116 Å².